The van der Waals surface area contributed by atoms with Gasteiger partial charge in [-0.1, -0.05) is 42.5 Å². The smallest absolute Gasteiger partial charge is 0.338 e. The molecule has 0 aliphatic rings. The fraction of sp³-hybridized carbons (Fsp3) is 0.278. The first-order valence-electron chi connectivity index (χ1n) is 7.06. The zero-order valence-electron chi connectivity index (χ0n) is 12.6. The van der Waals surface area contributed by atoms with Crippen LogP contribution in [0.3, 0.4) is 0 Å². The number of hydrogen-bond acceptors (Lipinski definition) is 2. The molecule has 0 unspecified atom stereocenters. The Balaban J connectivity index is 1.81. The fourth-order valence-electron chi connectivity index (χ4n) is 2.15. The van der Waals surface area contributed by atoms with Crippen molar-refractivity contribution in [2.24, 2.45) is 0 Å². The Bertz CT molecular complexity index is 564. The van der Waals surface area contributed by atoms with Crippen LogP contribution >= 0.6 is 0 Å². The average Bonchev–Trinajstić information content (AvgIpc) is 2.48. The van der Waals surface area contributed by atoms with Crippen molar-refractivity contribution in [1.29, 1.82) is 0 Å². The van der Waals surface area contributed by atoms with Gasteiger partial charge in [-0.15, -0.1) is 0 Å². The van der Waals surface area contributed by atoms with E-state index in [1.165, 1.54) is 5.56 Å². The van der Waals surface area contributed by atoms with Gasteiger partial charge in [0.25, 0.3) is 0 Å². The summed E-state index contributed by atoms with van der Waals surface area (Å²) in [6, 6.07) is 20.1. The molecule has 2 aromatic carbocycles. The number of quaternary nitrogens is 1. The first-order valence-corrected chi connectivity index (χ1v) is 7.06. The molecule has 3 heteroatoms. The molecule has 21 heavy (non-hydrogen) atoms. The molecule has 0 saturated carbocycles. The standard InChI is InChI=1S/C18H21NO2/c1-19(2,15-16-9-5-3-6-10-16)13-14-21-18(20)17-11-7-4-8-12-17/h3,5-12H,13-15H2,1-2H3/q+1. The number of esters is 1. The van der Waals surface area contributed by atoms with Gasteiger partial charge >= 0.3 is 5.97 Å². The molecule has 109 valence electrons. The zero-order valence-corrected chi connectivity index (χ0v) is 12.6. The van der Waals surface area contributed by atoms with Crippen molar-refractivity contribution in [3.05, 3.63) is 71.8 Å². The summed E-state index contributed by atoms with van der Waals surface area (Å²) in [7, 11) is 4.27. The number of carbonyl (C=O) groups is 1. The highest BCUT2D eigenvalue weighted by Crippen LogP contribution is 2.09. The van der Waals surface area contributed by atoms with Gasteiger partial charge in [0.1, 0.15) is 19.7 Å². The minimum absolute atomic E-state index is 0.274. The monoisotopic (exact) mass is 283 g/mol. The minimum Gasteiger partial charge on any atom is -0.456 e. The van der Waals surface area contributed by atoms with Crippen molar-refractivity contribution >= 4 is 5.97 Å². The quantitative estimate of drug-likeness (QED) is 0.602. The predicted molar refractivity (Wildman–Crippen MR) is 82.7 cm³/mol. The van der Waals surface area contributed by atoms with Crippen LogP contribution in [0.5, 0.6) is 0 Å². The van der Waals surface area contributed by atoms with Gasteiger partial charge in [-0.3, -0.25) is 0 Å². The molecule has 0 aliphatic heterocycles. The molecular formula is C18H21NO2+. The highest BCUT2D eigenvalue weighted by molar-refractivity contribution is 5.89. The van der Waals surface area contributed by atoms with Crippen LogP contribution in [0.25, 0.3) is 0 Å². The van der Waals surface area contributed by atoms with Gasteiger partial charge in [0.05, 0.1) is 19.7 Å². The molecule has 2 rings (SSSR count). The van der Waals surface area contributed by atoms with E-state index in [1.54, 1.807) is 24.3 Å². The molecule has 0 amide bonds. The van der Waals surface area contributed by atoms with E-state index in [2.05, 4.69) is 32.3 Å². The van der Waals surface area contributed by atoms with E-state index in [0.717, 1.165) is 17.6 Å². The second kappa shape index (κ2) is 7.04. The zero-order chi connectivity index (χ0) is 15.1. The Hall–Kier alpha value is -2.13. The molecule has 0 bridgehead atoms. The SMILES string of the molecule is C[N+](C)(CCOC(=O)c1cc[c]cc1)Cc1ccccc1. The first kappa shape index (κ1) is 15.3. The number of nitrogens with zero attached hydrogens (tertiary/aromatic N) is 1. The topological polar surface area (TPSA) is 26.3 Å². The summed E-state index contributed by atoms with van der Waals surface area (Å²) in [6.45, 7) is 2.11. The molecule has 0 aromatic heterocycles. The fourth-order valence-corrected chi connectivity index (χ4v) is 2.15. The summed E-state index contributed by atoms with van der Waals surface area (Å²) in [5, 5.41) is 0. The summed E-state index contributed by atoms with van der Waals surface area (Å²) in [5.41, 5.74) is 1.86. The van der Waals surface area contributed by atoms with Gasteiger partial charge in [-0.2, -0.15) is 0 Å². The number of carbonyl (C=O) groups excluding carboxylic acids is 1. The molecular weight excluding hydrogens is 262 g/mol. The minimum atomic E-state index is -0.274. The van der Waals surface area contributed by atoms with Crippen LogP contribution in [0, 0.1) is 6.07 Å². The van der Waals surface area contributed by atoms with E-state index >= 15 is 0 Å². The maximum absolute atomic E-state index is 11.8. The molecule has 3 nitrogen and oxygen atoms in total. The van der Waals surface area contributed by atoms with Crippen LogP contribution in [0.1, 0.15) is 15.9 Å². The number of likely N-dealkylation sites (N-methyl/N-ethyl adjacent to an activating group) is 1. The first-order chi connectivity index (χ1) is 10.1. The molecule has 0 saturated heterocycles. The van der Waals surface area contributed by atoms with Gasteiger partial charge in [0, 0.05) is 5.56 Å². The molecule has 1 radical (unpaired) electrons. The summed E-state index contributed by atoms with van der Waals surface area (Å²) in [4.78, 5) is 11.8. The van der Waals surface area contributed by atoms with Crippen molar-refractivity contribution in [3.8, 4) is 0 Å². The van der Waals surface area contributed by atoms with E-state index in [1.807, 2.05) is 18.2 Å². The Labute approximate surface area is 126 Å². The summed E-state index contributed by atoms with van der Waals surface area (Å²) < 4.78 is 6.11. The van der Waals surface area contributed by atoms with Crippen molar-refractivity contribution in [1.82, 2.24) is 0 Å². The molecule has 0 fully saturated rings. The number of hydrogen-bond donors (Lipinski definition) is 0. The number of benzene rings is 2. The van der Waals surface area contributed by atoms with E-state index in [-0.39, 0.29) is 5.97 Å². The maximum Gasteiger partial charge on any atom is 0.338 e. The van der Waals surface area contributed by atoms with Crippen LogP contribution in [-0.4, -0.2) is 37.7 Å². The molecule has 2 aromatic rings. The van der Waals surface area contributed by atoms with Gasteiger partial charge < -0.3 is 9.22 Å². The lowest BCUT2D eigenvalue weighted by Crippen LogP contribution is -2.41. The summed E-state index contributed by atoms with van der Waals surface area (Å²) >= 11 is 0. The molecule has 0 atom stereocenters. The van der Waals surface area contributed by atoms with Crippen LogP contribution in [-0.2, 0) is 11.3 Å². The van der Waals surface area contributed by atoms with Crippen molar-refractivity contribution < 1.29 is 14.0 Å². The van der Waals surface area contributed by atoms with Crippen molar-refractivity contribution in [3.63, 3.8) is 0 Å². The third-order valence-corrected chi connectivity index (χ3v) is 3.34. The summed E-state index contributed by atoms with van der Waals surface area (Å²) in [6.07, 6.45) is 0. The highest BCUT2D eigenvalue weighted by atomic mass is 16.5. The van der Waals surface area contributed by atoms with Gasteiger partial charge in [-0.05, 0) is 18.2 Å². The van der Waals surface area contributed by atoms with Gasteiger partial charge in [-0.25, -0.2) is 4.79 Å². The molecule has 0 heterocycles. The number of rotatable bonds is 6. The van der Waals surface area contributed by atoms with E-state index in [0.29, 0.717) is 12.2 Å². The second-order valence-corrected chi connectivity index (χ2v) is 5.73. The lowest BCUT2D eigenvalue weighted by Gasteiger charge is -2.29. The van der Waals surface area contributed by atoms with Gasteiger partial charge in [0.15, 0.2) is 0 Å². The van der Waals surface area contributed by atoms with Crippen LogP contribution in [0.4, 0.5) is 0 Å². The normalized spacial score (nSPS) is 11.1. The van der Waals surface area contributed by atoms with Crippen LogP contribution < -0.4 is 0 Å². The lowest BCUT2D eigenvalue weighted by molar-refractivity contribution is -0.903. The van der Waals surface area contributed by atoms with Crippen LogP contribution in [0.2, 0.25) is 0 Å². The Morgan fingerprint density at radius 3 is 2.43 bits per heavy atom. The third-order valence-electron chi connectivity index (χ3n) is 3.34. The van der Waals surface area contributed by atoms with Crippen molar-refractivity contribution in [2.45, 2.75) is 6.54 Å². The van der Waals surface area contributed by atoms with Gasteiger partial charge in [0.2, 0.25) is 0 Å². The van der Waals surface area contributed by atoms with Crippen molar-refractivity contribution in [2.75, 3.05) is 27.2 Å². The Morgan fingerprint density at radius 1 is 1.10 bits per heavy atom. The Morgan fingerprint density at radius 2 is 1.76 bits per heavy atom. The van der Waals surface area contributed by atoms with E-state index in [9.17, 15) is 4.79 Å². The largest absolute Gasteiger partial charge is 0.456 e. The molecule has 0 aliphatic carbocycles. The maximum atomic E-state index is 11.8. The predicted octanol–water partition coefficient (Wildman–Crippen LogP) is 2.92. The Kier molecular flexibility index (Phi) is 5.12. The molecule has 0 N–H and O–H groups in total. The second-order valence-electron chi connectivity index (χ2n) is 5.73. The highest BCUT2D eigenvalue weighted by Gasteiger charge is 2.17. The summed E-state index contributed by atoms with van der Waals surface area (Å²) in [5.74, 6) is -0.274. The lowest BCUT2D eigenvalue weighted by atomic mass is 10.2. The average molecular weight is 283 g/mol. The third kappa shape index (κ3) is 5.04. The van der Waals surface area contributed by atoms with Crippen LogP contribution in [0.15, 0.2) is 54.6 Å². The van der Waals surface area contributed by atoms with E-state index in [4.69, 9.17) is 4.74 Å². The number of ether oxygens (including phenoxy) is 1. The van der Waals surface area contributed by atoms with E-state index < -0.39 is 0 Å². The molecule has 0 spiro atoms.